The number of benzene rings is 2. The number of hydrogen-bond donors (Lipinski definition) is 1. The molecule has 23 heavy (non-hydrogen) atoms. The van der Waals surface area contributed by atoms with E-state index in [2.05, 4.69) is 15.9 Å². The van der Waals surface area contributed by atoms with E-state index in [1.807, 2.05) is 31.2 Å². The zero-order chi connectivity index (χ0) is 17.0. The molecule has 0 saturated heterocycles. The third kappa shape index (κ3) is 4.20. The minimum absolute atomic E-state index is 0.194. The Labute approximate surface area is 145 Å². The highest BCUT2D eigenvalue weighted by Gasteiger charge is 2.29. The molecule has 0 saturated carbocycles. The molecule has 0 aliphatic carbocycles. The number of halogens is 1. The minimum atomic E-state index is -3.69. The second-order valence-corrected chi connectivity index (χ2v) is 8.23. The van der Waals surface area contributed by atoms with Crippen LogP contribution in [0.1, 0.15) is 18.1 Å². The number of hydrogen-bond acceptors (Lipinski definition) is 3. The number of sulfonamides is 1. The van der Waals surface area contributed by atoms with E-state index in [1.165, 1.54) is 4.31 Å². The van der Waals surface area contributed by atoms with Crippen molar-refractivity contribution >= 4 is 26.0 Å². The summed E-state index contributed by atoms with van der Waals surface area (Å²) in [4.78, 5) is 0.232. The van der Waals surface area contributed by atoms with Gasteiger partial charge in [-0.2, -0.15) is 4.31 Å². The molecule has 0 aliphatic rings. The lowest BCUT2D eigenvalue weighted by Gasteiger charge is -2.27. The maximum absolute atomic E-state index is 13.0. The van der Waals surface area contributed by atoms with Crippen molar-refractivity contribution in [2.75, 3.05) is 6.61 Å². The van der Waals surface area contributed by atoms with Crippen molar-refractivity contribution in [3.05, 3.63) is 64.1 Å². The molecule has 124 valence electrons. The summed E-state index contributed by atoms with van der Waals surface area (Å²) in [5.41, 5.74) is 1.85. The van der Waals surface area contributed by atoms with Crippen molar-refractivity contribution < 1.29 is 13.5 Å². The van der Waals surface area contributed by atoms with Crippen LogP contribution in [-0.2, 0) is 16.6 Å². The van der Waals surface area contributed by atoms with Crippen LogP contribution in [0.15, 0.2) is 57.9 Å². The standard InChI is InChI=1S/C17H20BrNO3S/c1-13-7-9-16(10-8-13)23(21,22)19(14(2)12-20)11-15-5-3-4-6-17(15)18/h3-10,14,20H,11-12H2,1-2H3/t14-/m0/s1. The Balaban J connectivity index is 2.42. The predicted octanol–water partition coefficient (Wildman–Crippen LogP) is 3.33. The Morgan fingerprint density at radius 2 is 1.74 bits per heavy atom. The molecule has 0 heterocycles. The normalized spacial score (nSPS) is 13.3. The van der Waals surface area contributed by atoms with Gasteiger partial charge in [0.15, 0.2) is 0 Å². The molecular weight excluding hydrogens is 378 g/mol. The molecule has 0 spiro atoms. The van der Waals surface area contributed by atoms with Crippen molar-refractivity contribution in [3.63, 3.8) is 0 Å². The van der Waals surface area contributed by atoms with Crippen LogP contribution in [0.25, 0.3) is 0 Å². The lowest BCUT2D eigenvalue weighted by molar-refractivity contribution is 0.194. The highest BCUT2D eigenvalue weighted by Crippen LogP contribution is 2.24. The topological polar surface area (TPSA) is 57.6 Å². The van der Waals surface area contributed by atoms with E-state index in [1.54, 1.807) is 31.2 Å². The zero-order valence-corrected chi connectivity index (χ0v) is 15.5. The van der Waals surface area contributed by atoms with Gasteiger partial charge in [-0.15, -0.1) is 0 Å². The van der Waals surface area contributed by atoms with Crippen LogP contribution in [-0.4, -0.2) is 30.5 Å². The number of rotatable bonds is 6. The lowest BCUT2D eigenvalue weighted by Crippen LogP contribution is -2.40. The van der Waals surface area contributed by atoms with Crippen LogP contribution >= 0.6 is 15.9 Å². The lowest BCUT2D eigenvalue weighted by atomic mass is 10.2. The largest absolute Gasteiger partial charge is 0.395 e. The highest BCUT2D eigenvalue weighted by atomic mass is 79.9. The van der Waals surface area contributed by atoms with Crippen LogP contribution in [0.3, 0.4) is 0 Å². The number of nitrogens with zero attached hydrogens (tertiary/aromatic N) is 1. The molecule has 0 amide bonds. The van der Waals surface area contributed by atoms with E-state index in [-0.39, 0.29) is 18.0 Å². The first-order valence-electron chi connectivity index (χ1n) is 7.29. The van der Waals surface area contributed by atoms with Crippen LogP contribution in [0.2, 0.25) is 0 Å². The summed E-state index contributed by atoms with van der Waals surface area (Å²) in [5.74, 6) is 0. The summed E-state index contributed by atoms with van der Waals surface area (Å²) in [6.45, 7) is 3.56. The smallest absolute Gasteiger partial charge is 0.243 e. The number of aliphatic hydroxyl groups is 1. The highest BCUT2D eigenvalue weighted by molar-refractivity contribution is 9.10. The van der Waals surface area contributed by atoms with Gasteiger partial charge in [-0.25, -0.2) is 8.42 Å². The van der Waals surface area contributed by atoms with Crippen molar-refractivity contribution in [2.45, 2.75) is 31.3 Å². The SMILES string of the molecule is Cc1ccc(S(=O)(=O)N(Cc2ccccc2Br)[C@@H](C)CO)cc1. The molecule has 0 fully saturated rings. The first-order valence-corrected chi connectivity index (χ1v) is 9.52. The maximum atomic E-state index is 13.0. The molecule has 2 aromatic rings. The van der Waals surface area contributed by atoms with Crippen LogP contribution < -0.4 is 0 Å². The molecular formula is C17H20BrNO3S. The van der Waals surface area contributed by atoms with Gasteiger partial charge in [0.25, 0.3) is 0 Å². The average molecular weight is 398 g/mol. The predicted molar refractivity (Wildman–Crippen MR) is 94.6 cm³/mol. The van der Waals surface area contributed by atoms with Gasteiger partial charge in [0, 0.05) is 17.1 Å². The summed E-state index contributed by atoms with van der Waals surface area (Å²) in [6, 6.07) is 13.7. The van der Waals surface area contributed by atoms with Gasteiger partial charge in [0.05, 0.1) is 11.5 Å². The first-order chi connectivity index (χ1) is 10.9. The van der Waals surface area contributed by atoms with Gasteiger partial charge >= 0.3 is 0 Å². The maximum Gasteiger partial charge on any atom is 0.243 e. The van der Waals surface area contributed by atoms with Gasteiger partial charge in [-0.1, -0.05) is 51.8 Å². The molecule has 2 aromatic carbocycles. The Kier molecular flexibility index (Phi) is 5.97. The summed E-state index contributed by atoms with van der Waals surface area (Å²) < 4.78 is 28.1. The van der Waals surface area contributed by atoms with E-state index in [9.17, 15) is 13.5 Å². The monoisotopic (exact) mass is 397 g/mol. The Morgan fingerprint density at radius 1 is 1.13 bits per heavy atom. The fraction of sp³-hybridized carbons (Fsp3) is 0.294. The molecule has 2 rings (SSSR count). The van der Waals surface area contributed by atoms with E-state index >= 15 is 0 Å². The van der Waals surface area contributed by atoms with Gasteiger partial charge < -0.3 is 5.11 Å². The molecule has 0 radical (unpaired) electrons. The zero-order valence-electron chi connectivity index (χ0n) is 13.1. The van der Waals surface area contributed by atoms with Gasteiger partial charge in [-0.05, 0) is 37.6 Å². The molecule has 4 nitrogen and oxygen atoms in total. The molecule has 0 bridgehead atoms. The molecule has 1 atom stereocenters. The molecule has 0 unspecified atom stereocenters. The van der Waals surface area contributed by atoms with E-state index in [0.717, 1.165) is 15.6 Å². The van der Waals surface area contributed by atoms with Crippen molar-refractivity contribution in [2.24, 2.45) is 0 Å². The number of aryl methyl sites for hydroxylation is 1. The van der Waals surface area contributed by atoms with Gasteiger partial charge in [0.2, 0.25) is 10.0 Å². The second kappa shape index (κ2) is 7.57. The average Bonchev–Trinajstić information content (AvgIpc) is 2.53. The van der Waals surface area contributed by atoms with Crippen LogP contribution in [0.4, 0.5) is 0 Å². The Bertz CT molecular complexity index is 760. The quantitative estimate of drug-likeness (QED) is 0.812. The fourth-order valence-corrected chi connectivity index (χ4v) is 4.22. The summed E-state index contributed by atoms with van der Waals surface area (Å²) in [6.07, 6.45) is 0. The third-order valence-corrected chi connectivity index (χ3v) is 6.42. The van der Waals surface area contributed by atoms with Gasteiger partial charge in [-0.3, -0.25) is 0 Å². The van der Waals surface area contributed by atoms with Crippen molar-refractivity contribution in [1.82, 2.24) is 4.31 Å². The molecule has 1 N–H and O–H groups in total. The van der Waals surface area contributed by atoms with Crippen LogP contribution in [0.5, 0.6) is 0 Å². The number of aliphatic hydroxyl groups excluding tert-OH is 1. The Morgan fingerprint density at radius 3 is 2.30 bits per heavy atom. The van der Waals surface area contributed by atoms with Crippen molar-refractivity contribution in [3.8, 4) is 0 Å². The van der Waals surface area contributed by atoms with E-state index in [4.69, 9.17) is 0 Å². The third-order valence-electron chi connectivity index (χ3n) is 3.67. The first kappa shape index (κ1) is 18.1. The molecule has 0 aliphatic heterocycles. The molecule has 0 aromatic heterocycles. The summed E-state index contributed by atoms with van der Waals surface area (Å²) in [5, 5.41) is 9.49. The van der Waals surface area contributed by atoms with E-state index < -0.39 is 16.1 Å². The van der Waals surface area contributed by atoms with E-state index in [0.29, 0.717) is 0 Å². The van der Waals surface area contributed by atoms with Crippen LogP contribution in [0, 0.1) is 6.92 Å². The second-order valence-electron chi connectivity index (χ2n) is 5.49. The summed E-state index contributed by atoms with van der Waals surface area (Å²) in [7, 11) is -3.69. The minimum Gasteiger partial charge on any atom is -0.395 e. The van der Waals surface area contributed by atoms with Crippen molar-refractivity contribution in [1.29, 1.82) is 0 Å². The fourth-order valence-electron chi connectivity index (χ4n) is 2.21. The van der Waals surface area contributed by atoms with Gasteiger partial charge in [0.1, 0.15) is 0 Å². The Hall–Kier alpha value is -1.21. The molecule has 6 heteroatoms. The summed E-state index contributed by atoms with van der Waals surface area (Å²) >= 11 is 3.44.